The van der Waals surface area contributed by atoms with Gasteiger partial charge in [-0.2, -0.15) is 0 Å². The highest BCUT2D eigenvalue weighted by atomic mass is 35.5. The SMILES string of the molecule is COC(=O)[C@H](Cc1cccc(C)c1)NC(=O)c1ccc(Cl)cc1. The Bertz CT molecular complexity index is 698. The van der Waals surface area contributed by atoms with E-state index in [2.05, 4.69) is 5.32 Å². The molecule has 1 atom stereocenters. The van der Waals surface area contributed by atoms with Crippen LogP contribution in [0, 0.1) is 6.92 Å². The van der Waals surface area contributed by atoms with Gasteiger partial charge in [-0.3, -0.25) is 4.79 Å². The van der Waals surface area contributed by atoms with Gasteiger partial charge in [-0.05, 0) is 36.8 Å². The molecular formula is C18H18ClNO3. The first-order chi connectivity index (χ1) is 11.0. The van der Waals surface area contributed by atoms with Gasteiger partial charge in [-0.25, -0.2) is 4.79 Å². The second kappa shape index (κ2) is 7.79. The second-order valence-corrected chi connectivity index (χ2v) is 5.69. The molecule has 1 N–H and O–H groups in total. The van der Waals surface area contributed by atoms with Crippen LogP contribution in [0.25, 0.3) is 0 Å². The number of nitrogens with one attached hydrogen (secondary N) is 1. The molecule has 0 aliphatic heterocycles. The highest BCUT2D eigenvalue weighted by Crippen LogP contribution is 2.11. The molecule has 0 fully saturated rings. The molecule has 0 bridgehead atoms. The van der Waals surface area contributed by atoms with Crippen molar-refractivity contribution in [2.45, 2.75) is 19.4 Å². The lowest BCUT2D eigenvalue weighted by molar-refractivity contribution is -0.142. The zero-order chi connectivity index (χ0) is 16.8. The van der Waals surface area contributed by atoms with Crippen molar-refractivity contribution in [2.24, 2.45) is 0 Å². The Morgan fingerprint density at radius 1 is 1.17 bits per heavy atom. The highest BCUT2D eigenvalue weighted by molar-refractivity contribution is 6.30. The average molecular weight is 332 g/mol. The Kier molecular flexibility index (Phi) is 5.77. The molecule has 2 aromatic carbocycles. The number of rotatable bonds is 5. The monoisotopic (exact) mass is 331 g/mol. The predicted molar refractivity (Wildman–Crippen MR) is 89.6 cm³/mol. The fourth-order valence-corrected chi connectivity index (χ4v) is 2.38. The molecule has 1 amide bonds. The van der Waals surface area contributed by atoms with Gasteiger partial charge in [0.1, 0.15) is 6.04 Å². The van der Waals surface area contributed by atoms with Crippen LogP contribution in [0.5, 0.6) is 0 Å². The number of benzene rings is 2. The van der Waals surface area contributed by atoms with Gasteiger partial charge in [0.05, 0.1) is 7.11 Å². The molecule has 0 saturated carbocycles. The Hall–Kier alpha value is -2.33. The molecule has 5 heteroatoms. The molecule has 0 saturated heterocycles. The number of amides is 1. The van der Waals surface area contributed by atoms with E-state index in [1.807, 2.05) is 31.2 Å². The van der Waals surface area contributed by atoms with Crippen molar-refractivity contribution >= 4 is 23.5 Å². The van der Waals surface area contributed by atoms with Crippen LogP contribution < -0.4 is 5.32 Å². The fraction of sp³-hybridized carbons (Fsp3) is 0.222. The maximum absolute atomic E-state index is 12.3. The van der Waals surface area contributed by atoms with Crippen LogP contribution in [0.1, 0.15) is 21.5 Å². The smallest absolute Gasteiger partial charge is 0.328 e. The summed E-state index contributed by atoms with van der Waals surface area (Å²) in [6, 6.07) is 13.5. The van der Waals surface area contributed by atoms with Crippen molar-refractivity contribution < 1.29 is 14.3 Å². The first-order valence-corrected chi connectivity index (χ1v) is 7.57. The molecule has 0 aliphatic carbocycles. The minimum atomic E-state index is -0.745. The average Bonchev–Trinajstić information content (AvgIpc) is 2.54. The van der Waals surface area contributed by atoms with Crippen LogP contribution in [0.4, 0.5) is 0 Å². The number of hydrogen-bond acceptors (Lipinski definition) is 3. The molecule has 120 valence electrons. The molecule has 0 heterocycles. The van der Waals surface area contributed by atoms with Gasteiger partial charge < -0.3 is 10.1 Å². The first-order valence-electron chi connectivity index (χ1n) is 7.19. The Morgan fingerprint density at radius 2 is 1.87 bits per heavy atom. The first kappa shape index (κ1) is 17.0. The van der Waals surface area contributed by atoms with Crippen molar-refractivity contribution in [2.75, 3.05) is 7.11 Å². The van der Waals surface area contributed by atoms with Gasteiger partial charge in [0.25, 0.3) is 5.91 Å². The Labute approximate surface area is 140 Å². The van der Waals surface area contributed by atoms with Crippen LogP contribution in [0.15, 0.2) is 48.5 Å². The molecule has 0 spiro atoms. The quantitative estimate of drug-likeness (QED) is 0.856. The van der Waals surface area contributed by atoms with Crippen molar-refractivity contribution in [3.8, 4) is 0 Å². The molecule has 0 aromatic heterocycles. The van der Waals surface area contributed by atoms with Crippen LogP contribution in [0.2, 0.25) is 5.02 Å². The van der Waals surface area contributed by atoms with E-state index in [0.29, 0.717) is 17.0 Å². The van der Waals surface area contributed by atoms with Crippen molar-refractivity contribution in [3.05, 3.63) is 70.2 Å². The van der Waals surface area contributed by atoms with Crippen LogP contribution in [-0.2, 0) is 16.0 Å². The second-order valence-electron chi connectivity index (χ2n) is 5.25. The number of ether oxygens (including phenoxy) is 1. The summed E-state index contributed by atoms with van der Waals surface area (Å²) in [4.78, 5) is 24.2. The van der Waals surface area contributed by atoms with E-state index in [1.54, 1.807) is 24.3 Å². The van der Waals surface area contributed by atoms with Gasteiger partial charge in [0, 0.05) is 17.0 Å². The van der Waals surface area contributed by atoms with Crippen molar-refractivity contribution in [1.29, 1.82) is 0 Å². The summed E-state index contributed by atoms with van der Waals surface area (Å²) < 4.78 is 4.80. The van der Waals surface area contributed by atoms with Crippen molar-refractivity contribution in [1.82, 2.24) is 5.32 Å². The standard InChI is InChI=1S/C18H18ClNO3/c1-12-4-3-5-13(10-12)11-16(18(22)23-2)20-17(21)14-6-8-15(19)9-7-14/h3-10,16H,11H2,1-2H3,(H,20,21)/t16-/m0/s1. The van der Waals surface area contributed by atoms with E-state index in [1.165, 1.54) is 7.11 Å². The molecule has 2 rings (SSSR count). The number of halogens is 1. The van der Waals surface area contributed by atoms with Gasteiger partial charge in [0.2, 0.25) is 0 Å². The van der Waals surface area contributed by atoms with E-state index in [0.717, 1.165) is 11.1 Å². The summed E-state index contributed by atoms with van der Waals surface area (Å²) in [5, 5.41) is 3.26. The maximum Gasteiger partial charge on any atom is 0.328 e. The molecule has 23 heavy (non-hydrogen) atoms. The lowest BCUT2D eigenvalue weighted by Crippen LogP contribution is -2.43. The van der Waals surface area contributed by atoms with Gasteiger partial charge >= 0.3 is 5.97 Å². The summed E-state index contributed by atoms with van der Waals surface area (Å²) in [6.07, 6.45) is 0.369. The van der Waals surface area contributed by atoms with Crippen LogP contribution >= 0.6 is 11.6 Å². The molecular weight excluding hydrogens is 314 g/mol. The molecule has 0 radical (unpaired) electrons. The fourth-order valence-electron chi connectivity index (χ4n) is 2.25. The highest BCUT2D eigenvalue weighted by Gasteiger charge is 2.22. The molecule has 4 nitrogen and oxygen atoms in total. The summed E-state index contributed by atoms with van der Waals surface area (Å²) in [6.45, 7) is 1.98. The zero-order valence-electron chi connectivity index (χ0n) is 13.0. The molecule has 2 aromatic rings. The summed E-state index contributed by atoms with van der Waals surface area (Å²) >= 11 is 5.81. The maximum atomic E-state index is 12.3. The third-order valence-electron chi connectivity index (χ3n) is 3.42. The van der Waals surface area contributed by atoms with E-state index in [4.69, 9.17) is 16.3 Å². The van der Waals surface area contributed by atoms with Crippen molar-refractivity contribution in [3.63, 3.8) is 0 Å². The predicted octanol–water partition coefficient (Wildman–Crippen LogP) is 3.16. The van der Waals surface area contributed by atoms with Gasteiger partial charge in [-0.1, -0.05) is 41.4 Å². The number of carbonyl (C=O) groups excluding carboxylic acids is 2. The minimum absolute atomic E-state index is 0.343. The Morgan fingerprint density at radius 3 is 2.48 bits per heavy atom. The summed E-state index contributed by atoms with van der Waals surface area (Å²) in [7, 11) is 1.31. The molecule has 0 unspecified atom stereocenters. The van der Waals surface area contributed by atoms with E-state index >= 15 is 0 Å². The lowest BCUT2D eigenvalue weighted by atomic mass is 10.0. The van der Waals surface area contributed by atoms with Gasteiger partial charge in [-0.15, -0.1) is 0 Å². The van der Waals surface area contributed by atoms with E-state index in [-0.39, 0.29) is 5.91 Å². The third-order valence-corrected chi connectivity index (χ3v) is 3.67. The lowest BCUT2D eigenvalue weighted by Gasteiger charge is -2.17. The van der Waals surface area contributed by atoms with E-state index < -0.39 is 12.0 Å². The normalized spacial score (nSPS) is 11.6. The number of esters is 1. The van der Waals surface area contributed by atoms with Gasteiger partial charge in [0.15, 0.2) is 0 Å². The largest absolute Gasteiger partial charge is 0.467 e. The summed E-state index contributed by atoms with van der Waals surface area (Å²) in [5.74, 6) is -0.821. The topological polar surface area (TPSA) is 55.4 Å². The number of carbonyl (C=O) groups is 2. The Balaban J connectivity index is 2.13. The van der Waals surface area contributed by atoms with Crippen LogP contribution in [0.3, 0.4) is 0 Å². The minimum Gasteiger partial charge on any atom is -0.467 e. The van der Waals surface area contributed by atoms with E-state index in [9.17, 15) is 9.59 Å². The molecule has 0 aliphatic rings. The number of methoxy groups -OCH3 is 1. The number of hydrogen-bond donors (Lipinski definition) is 1. The zero-order valence-corrected chi connectivity index (χ0v) is 13.8. The summed E-state index contributed by atoms with van der Waals surface area (Å²) in [5.41, 5.74) is 2.49. The van der Waals surface area contributed by atoms with Crippen LogP contribution in [-0.4, -0.2) is 25.0 Å². The number of aryl methyl sites for hydroxylation is 1. The third kappa shape index (κ3) is 4.83.